The molecule has 0 aromatic heterocycles. The van der Waals surface area contributed by atoms with Crippen LogP contribution in [0.2, 0.25) is 0 Å². The van der Waals surface area contributed by atoms with Crippen molar-refractivity contribution in [2.45, 2.75) is 25.3 Å². The summed E-state index contributed by atoms with van der Waals surface area (Å²) in [5.74, 6) is -1.98. The number of benzene rings is 1. The van der Waals surface area contributed by atoms with Crippen LogP contribution in [0, 0.1) is 20.2 Å². The standard InChI is InChI=1S/C13H13N3O7/c17-12(14-6-2-1-3-10(14)13(18)19)9-5-4-8(15(20)21)7-11(9)16(22)23/h4-5,7,10H,1-3,6H2,(H,18,19). The molecule has 1 aliphatic heterocycles. The molecular weight excluding hydrogens is 310 g/mol. The third-order valence-corrected chi connectivity index (χ3v) is 3.67. The van der Waals surface area contributed by atoms with Crippen molar-refractivity contribution in [3.05, 3.63) is 44.0 Å². The van der Waals surface area contributed by atoms with E-state index in [1.165, 1.54) is 0 Å². The second kappa shape index (κ2) is 6.38. The Labute approximate surface area is 129 Å². The minimum Gasteiger partial charge on any atom is -0.480 e. The lowest BCUT2D eigenvalue weighted by molar-refractivity contribution is -0.394. The van der Waals surface area contributed by atoms with Crippen LogP contribution >= 0.6 is 0 Å². The van der Waals surface area contributed by atoms with Crippen LogP contribution in [-0.2, 0) is 4.79 Å². The highest BCUT2D eigenvalue weighted by molar-refractivity contribution is 6.00. The van der Waals surface area contributed by atoms with Gasteiger partial charge in [-0.25, -0.2) is 4.79 Å². The average Bonchev–Trinajstić information content (AvgIpc) is 2.53. The zero-order valence-corrected chi connectivity index (χ0v) is 11.9. The molecule has 1 aliphatic rings. The van der Waals surface area contributed by atoms with E-state index in [2.05, 4.69) is 0 Å². The van der Waals surface area contributed by atoms with Crippen molar-refractivity contribution in [2.75, 3.05) is 6.54 Å². The minimum absolute atomic E-state index is 0.171. The number of piperidine rings is 1. The summed E-state index contributed by atoms with van der Waals surface area (Å²) in [7, 11) is 0. The van der Waals surface area contributed by atoms with E-state index in [1.807, 2.05) is 0 Å². The molecule has 1 N–H and O–H groups in total. The molecule has 1 aromatic rings. The van der Waals surface area contributed by atoms with Crippen molar-refractivity contribution in [2.24, 2.45) is 0 Å². The summed E-state index contributed by atoms with van der Waals surface area (Å²) < 4.78 is 0. The number of carbonyl (C=O) groups is 2. The van der Waals surface area contributed by atoms with Gasteiger partial charge in [0.25, 0.3) is 17.3 Å². The molecule has 23 heavy (non-hydrogen) atoms. The third-order valence-electron chi connectivity index (χ3n) is 3.67. The van der Waals surface area contributed by atoms with Crippen LogP contribution in [0.15, 0.2) is 18.2 Å². The number of likely N-dealkylation sites (tertiary alicyclic amines) is 1. The molecule has 0 spiro atoms. The topological polar surface area (TPSA) is 144 Å². The van der Waals surface area contributed by atoms with Crippen molar-refractivity contribution in [1.29, 1.82) is 0 Å². The molecule has 1 heterocycles. The summed E-state index contributed by atoms with van der Waals surface area (Å²) in [4.78, 5) is 44.9. The minimum atomic E-state index is -1.18. The quantitative estimate of drug-likeness (QED) is 0.654. The first-order chi connectivity index (χ1) is 10.8. The summed E-state index contributed by atoms with van der Waals surface area (Å²) in [6, 6.07) is 1.63. The number of hydrogen-bond donors (Lipinski definition) is 1. The van der Waals surface area contributed by atoms with Gasteiger partial charge in [0, 0.05) is 12.6 Å². The van der Waals surface area contributed by atoms with Crippen molar-refractivity contribution >= 4 is 23.3 Å². The second-order valence-electron chi connectivity index (χ2n) is 5.06. The van der Waals surface area contributed by atoms with Gasteiger partial charge in [-0.3, -0.25) is 25.0 Å². The summed E-state index contributed by atoms with van der Waals surface area (Å²) in [5.41, 5.74) is -1.57. The molecule has 1 fully saturated rings. The van der Waals surface area contributed by atoms with Crippen molar-refractivity contribution in [3.8, 4) is 0 Å². The van der Waals surface area contributed by atoms with E-state index in [9.17, 15) is 34.9 Å². The first-order valence-corrected chi connectivity index (χ1v) is 6.79. The fourth-order valence-electron chi connectivity index (χ4n) is 2.55. The summed E-state index contributed by atoms with van der Waals surface area (Å²) in [5, 5.41) is 31.0. The second-order valence-corrected chi connectivity index (χ2v) is 5.06. The lowest BCUT2D eigenvalue weighted by atomic mass is 10.0. The maximum absolute atomic E-state index is 12.5. The van der Waals surface area contributed by atoms with Gasteiger partial charge in [0.2, 0.25) is 0 Å². The molecule has 2 rings (SSSR count). The zero-order chi connectivity index (χ0) is 17.1. The fraction of sp³-hybridized carbons (Fsp3) is 0.385. The number of amides is 1. The normalized spacial score (nSPS) is 17.6. The molecule has 1 atom stereocenters. The number of rotatable bonds is 4. The Morgan fingerprint density at radius 2 is 1.87 bits per heavy atom. The number of carboxylic acids is 1. The molecule has 10 nitrogen and oxygen atoms in total. The highest BCUT2D eigenvalue weighted by atomic mass is 16.6. The van der Waals surface area contributed by atoms with Gasteiger partial charge in [0.1, 0.15) is 11.6 Å². The van der Waals surface area contributed by atoms with E-state index in [1.54, 1.807) is 0 Å². The van der Waals surface area contributed by atoms with E-state index in [4.69, 9.17) is 0 Å². The molecule has 1 amide bonds. The molecule has 1 aromatic carbocycles. The number of nitro groups is 2. The molecule has 0 radical (unpaired) electrons. The average molecular weight is 323 g/mol. The lowest BCUT2D eigenvalue weighted by Gasteiger charge is -2.32. The van der Waals surface area contributed by atoms with Gasteiger partial charge in [-0.2, -0.15) is 0 Å². The molecule has 1 unspecified atom stereocenters. The van der Waals surface area contributed by atoms with Gasteiger partial charge in [-0.1, -0.05) is 0 Å². The number of hydrogen-bond acceptors (Lipinski definition) is 6. The Bertz CT molecular complexity index is 688. The van der Waals surface area contributed by atoms with Gasteiger partial charge >= 0.3 is 5.97 Å². The summed E-state index contributed by atoms with van der Waals surface area (Å²) in [6.07, 6.45) is 1.50. The molecule has 0 saturated carbocycles. The van der Waals surface area contributed by atoms with Gasteiger partial charge in [0.05, 0.1) is 15.9 Å². The van der Waals surface area contributed by atoms with E-state index >= 15 is 0 Å². The zero-order valence-electron chi connectivity index (χ0n) is 11.9. The molecule has 1 saturated heterocycles. The Hall–Kier alpha value is -3.04. The monoisotopic (exact) mass is 323 g/mol. The van der Waals surface area contributed by atoms with Crippen LogP contribution in [0.1, 0.15) is 29.6 Å². The van der Waals surface area contributed by atoms with E-state index < -0.39 is 39.1 Å². The number of non-ortho nitro benzene ring substituents is 1. The van der Waals surface area contributed by atoms with Gasteiger partial charge in [0.15, 0.2) is 0 Å². The van der Waals surface area contributed by atoms with Crippen molar-refractivity contribution in [1.82, 2.24) is 4.90 Å². The van der Waals surface area contributed by atoms with Crippen LogP contribution in [-0.4, -0.2) is 44.3 Å². The number of nitro benzene ring substituents is 2. The smallest absolute Gasteiger partial charge is 0.326 e. The Balaban J connectivity index is 2.43. The van der Waals surface area contributed by atoms with Crippen LogP contribution in [0.25, 0.3) is 0 Å². The van der Waals surface area contributed by atoms with Crippen LogP contribution in [0.4, 0.5) is 11.4 Å². The highest BCUT2D eigenvalue weighted by Crippen LogP contribution is 2.28. The van der Waals surface area contributed by atoms with Crippen LogP contribution in [0.3, 0.4) is 0 Å². The van der Waals surface area contributed by atoms with Crippen molar-refractivity contribution < 1.29 is 24.5 Å². The molecule has 122 valence electrons. The van der Waals surface area contributed by atoms with E-state index in [0.29, 0.717) is 18.9 Å². The van der Waals surface area contributed by atoms with Gasteiger partial charge < -0.3 is 10.0 Å². The Morgan fingerprint density at radius 3 is 2.43 bits per heavy atom. The molecular formula is C13H13N3O7. The highest BCUT2D eigenvalue weighted by Gasteiger charge is 2.35. The van der Waals surface area contributed by atoms with Crippen LogP contribution in [0.5, 0.6) is 0 Å². The summed E-state index contributed by atoms with van der Waals surface area (Å²) in [6.45, 7) is 0.171. The van der Waals surface area contributed by atoms with Gasteiger partial charge in [-0.15, -0.1) is 0 Å². The summed E-state index contributed by atoms with van der Waals surface area (Å²) >= 11 is 0. The SMILES string of the molecule is O=C(O)C1CCCCN1C(=O)c1ccc([N+](=O)[O-])cc1[N+](=O)[O-]. The molecule has 0 bridgehead atoms. The Kier molecular flexibility index (Phi) is 4.53. The predicted molar refractivity (Wildman–Crippen MR) is 76.1 cm³/mol. The molecule has 0 aliphatic carbocycles. The fourth-order valence-corrected chi connectivity index (χ4v) is 2.55. The Morgan fingerprint density at radius 1 is 1.17 bits per heavy atom. The maximum atomic E-state index is 12.5. The van der Waals surface area contributed by atoms with Crippen LogP contribution < -0.4 is 0 Å². The number of carbonyl (C=O) groups excluding carboxylic acids is 1. The first kappa shape index (κ1) is 16.3. The largest absolute Gasteiger partial charge is 0.480 e. The number of carboxylic acid groups (broad SMARTS) is 1. The molecule has 10 heteroatoms. The number of nitrogens with zero attached hydrogens (tertiary/aromatic N) is 3. The van der Waals surface area contributed by atoms with E-state index in [0.717, 1.165) is 17.0 Å². The lowest BCUT2D eigenvalue weighted by Crippen LogP contribution is -2.48. The van der Waals surface area contributed by atoms with E-state index in [-0.39, 0.29) is 18.5 Å². The van der Waals surface area contributed by atoms with Gasteiger partial charge in [-0.05, 0) is 25.3 Å². The number of aliphatic carboxylic acids is 1. The third kappa shape index (κ3) is 3.25. The maximum Gasteiger partial charge on any atom is 0.326 e. The van der Waals surface area contributed by atoms with Crippen molar-refractivity contribution in [3.63, 3.8) is 0 Å². The first-order valence-electron chi connectivity index (χ1n) is 6.79. The predicted octanol–water partition coefficient (Wildman–Crippen LogP) is 1.58.